The fraction of sp³-hybridized carbons (Fsp3) is 0.552. The molecule has 1 aliphatic heterocycles. The van der Waals surface area contributed by atoms with E-state index in [1.807, 2.05) is 39.0 Å². The van der Waals surface area contributed by atoms with Gasteiger partial charge in [0.05, 0.1) is 5.39 Å². The molecular weight excluding hydrogens is 530 g/mol. The van der Waals surface area contributed by atoms with E-state index in [1.54, 1.807) is 6.33 Å². The van der Waals surface area contributed by atoms with Crippen LogP contribution in [0.15, 0.2) is 36.8 Å². The van der Waals surface area contributed by atoms with Crippen molar-refractivity contribution in [1.29, 1.82) is 0 Å². The summed E-state index contributed by atoms with van der Waals surface area (Å²) >= 11 is 6.39. The maximum Gasteiger partial charge on any atom is 0.408 e. The molecule has 0 atom stereocenters. The average Bonchev–Trinajstić information content (AvgIpc) is 3.19. The Labute approximate surface area is 238 Å². The van der Waals surface area contributed by atoms with Crippen molar-refractivity contribution in [3.63, 3.8) is 0 Å². The lowest BCUT2D eigenvalue weighted by Crippen LogP contribution is -2.54. The van der Waals surface area contributed by atoms with Crippen molar-refractivity contribution >= 4 is 42.6 Å². The van der Waals surface area contributed by atoms with Gasteiger partial charge in [-0.2, -0.15) is 0 Å². The summed E-state index contributed by atoms with van der Waals surface area (Å²) in [6, 6.07) is 8.98. The highest BCUT2D eigenvalue weighted by Crippen LogP contribution is 2.38. The Balaban J connectivity index is 1.61. The SMILES string of the molecule is CC1(NC(=O)OC(C)(C)C)CCN(c2ncnc3c2c(-c2cccc(Cl)c2)cn3COCC[Si](C)(C)C)CC1. The van der Waals surface area contributed by atoms with E-state index in [0.717, 1.165) is 66.6 Å². The summed E-state index contributed by atoms with van der Waals surface area (Å²) in [5.41, 5.74) is 1.99. The zero-order chi connectivity index (χ0) is 28.4. The first-order valence-corrected chi connectivity index (χ1v) is 17.8. The molecule has 3 aromatic rings. The largest absolute Gasteiger partial charge is 0.444 e. The first-order chi connectivity index (χ1) is 18.2. The van der Waals surface area contributed by atoms with Gasteiger partial charge in [0, 0.05) is 50.1 Å². The standard InChI is InChI=1S/C29H42ClN5O3Si/c1-28(2,3)38-27(36)33-29(4)11-13-34(14-12-29)25-24-23(21-9-8-10-22(30)17-21)18-35(26(24)32-19-31-25)20-37-15-16-39(5,6)7/h8-10,17-19H,11-16,20H2,1-7H3,(H,33,36). The fourth-order valence-electron chi connectivity index (χ4n) is 4.75. The topological polar surface area (TPSA) is 81.5 Å². The number of ether oxygens (including phenoxy) is 2. The molecule has 0 spiro atoms. The number of amides is 1. The van der Waals surface area contributed by atoms with Crippen LogP contribution < -0.4 is 10.2 Å². The molecule has 1 fully saturated rings. The number of hydrogen-bond acceptors (Lipinski definition) is 6. The van der Waals surface area contributed by atoms with E-state index < -0.39 is 13.7 Å². The van der Waals surface area contributed by atoms with Gasteiger partial charge in [-0.25, -0.2) is 14.8 Å². The lowest BCUT2D eigenvalue weighted by atomic mass is 9.89. The molecule has 4 rings (SSSR count). The number of fused-ring (bicyclic) bond motifs is 1. The summed E-state index contributed by atoms with van der Waals surface area (Å²) in [6.45, 7) is 17.4. The monoisotopic (exact) mass is 571 g/mol. The Kier molecular flexibility index (Phi) is 8.63. The number of hydrogen-bond donors (Lipinski definition) is 1. The van der Waals surface area contributed by atoms with Crippen LogP contribution in [0.4, 0.5) is 10.6 Å². The molecule has 1 N–H and O–H groups in total. The first kappa shape index (κ1) is 29.4. The van der Waals surface area contributed by atoms with E-state index in [1.165, 1.54) is 0 Å². The van der Waals surface area contributed by atoms with Gasteiger partial charge in [-0.3, -0.25) is 0 Å². The van der Waals surface area contributed by atoms with E-state index in [2.05, 4.69) is 58.6 Å². The lowest BCUT2D eigenvalue weighted by molar-refractivity contribution is 0.0448. The second-order valence-electron chi connectivity index (χ2n) is 12.9. The summed E-state index contributed by atoms with van der Waals surface area (Å²) in [5.74, 6) is 0.884. The summed E-state index contributed by atoms with van der Waals surface area (Å²) in [6.07, 6.45) is 4.89. The van der Waals surface area contributed by atoms with E-state index in [-0.39, 0.29) is 11.6 Å². The molecule has 10 heteroatoms. The van der Waals surface area contributed by atoms with Gasteiger partial charge in [-0.15, -0.1) is 0 Å². The quantitative estimate of drug-likeness (QED) is 0.233. The third-order valence-electron chi connectivity index (χ3n) is 6.97. The number of anilines is 1. The van der Waals surface area contributed by atoms with Gasteiger partial charge >= 0.3 is 6.09 Å². The highest BCUT2D eigenvalue weighted by atomic mass is 35.5. The number of alkyl carbamates (subject to hydrolysis) is 1. The van der Waals surface area contributed by atoms with Crippen LogP contribution in [0.1, 0.15) is 40.5 Å². The minimum absolute atomic E-state index is 0.350. The van der Waals surface area contributed by atoms with Gasteiger partial charge in [0.1, 0.15) is 30.1 Å². The van der Waals surface area contributed by atoms with Crippen LogP contribution in [-0.4, -0.2) is 59.5 Å². The molecule has 0 unspecified atom stereocenters. The zero-order valence-corrected chi connectivity index (χ0v) is 26.1. The molecule has 0 radical (unpaired) electrons. The second kappa shape index (κ2) is 11.5. The average molecular weight is 572 g/mol. The molecule has 0 bridgehead atoms. The van der Waals surface area contributed by atoms with E-state index in [9.17, 15) is 4.79 Å². The van der Waals surface area contributed by atoms with Crippen molar-refractivity contribution in [2.45, 2.75) is 84.1 Å². The van der Waals surface area contributed by atoms with Crippen molar-refractivity contribution in [1.82, 2.24) is 19.9 Å². The van der Waals surface area contributed by atoms with Crippen LogP contribution in [-0.2, 0) is 16.2 Å². The summed E-state index contributed by atoms with van der Waals surface area (Å²) in [4.78, 5) is 24.2. The van der Waals surface area contributed by atoms with Gasteiger partial charge in [-0.1, -0.05) is 43.4 Å². The minimum atomic E-state index is -1.18. The van der Waals surface area contributed by atoms with Crippen molar-refractivity contribution < 1.29 is 14.3 Å². The van der Waals surface area contributed by atoms with Gasteiger partial charge in [0.2, 0.25) is 0 Å². The van der Waals surface area contributed by atoms with Crippen LogP contribution in [0.5, 0.6) is 0 Å². The van der Waals surface area contributed by atoms with Crippen molar-refractivity contribution in [2.24, 2.45) is 0 Å². The van der Waals surface area contributed by atoms with Crippen LogP contribution in [0.2, 0.25) is 30.7 Å². The highest BCUT2D eigenvalue weighted by molar-refractivity contribution is 6.76. The van der Waals surface area contributed by atoms with Gasteiger partial charge in [0.25, 0.3) is 0 Å². The van der Waals surface area contributed by atoms with E-state index in [0.29, 0.717) is 11.8 Å². The maximum atomic E-state index is 12.5. The van der Waals surface area contributed by atoms with E-state index in [4.69, 9.17) is 26.1 Å². The summed E-state index contributed by atoms with van der Waals surface area (Å²) in [7, 11) is -1.18. The Morgan fingerprint density at radius 2 is 1.90 bits per heavy atom. The van der Waals surface area contributed by atoms with Gasteiger partial charge in [-0.05, 0) is 64.3 Å². The Hall–Kier alpha value is -2.62. The number of benzene rings is 1. The Bertz CT molecular complexity index is 1310. The van der Waals surface area contributed by atoms with Crippen LogP contribution in [0.25, 0.3) is 22.2 Å². The molecule has 1 amide bonds. The molecule has 3 heterocycles. The second-order valence-corrected chi connectivity index (χ2v) is 19.0. The minimum Gasteiger partial charge on any atom is -0.444 e. The Morgan fingerprint density at radius 1 is 1.18 bits per heavy atom. The number of nitrogens with one attached hydrogen (secondary N) is 1. The molecule has 8 nitrogen and oxygen atoms in total. The van der Waals surface area contributed by atoms with Crippen LogP contribution >= 0.6 is 11.6 Å². The van der Waals surface area contributed by atoms with Crippen LogP contribution in [0, 0.1) is 0 Å². The highest BCUT2D eigenvalue weighted by Gasteiger charge is 2.34. The number of halogens is 1. The van der Waals surface area contributed by atoms with E-state index >= 15 is 0 Å². The number of piperidine rings is 1. The van der Waals surface area contributed by atoms with Crippen molar-refractivity contribution in [2.75, 3.05) is 24.6 Å². The third-order valence-corrected chi connectivity index (χ3v) is 8.90. The van der Waals surface area contributed by atoms with Crippen LogP contribution in [0.3, 0.4) is 0 Å². The molecular formula is C29H42ClN5O3Si. The zero-order valence-electron chi connectivity index (χ0n) is 24.3. The number of nitrogens with zero attached hydrogens (tertiary/aromatic N) is 4. The number of carbonyl (C=O) groups excluding carboxylic acids is 1. The molecule has 0 aliphatic carbocycles. The third kappa shape index (κ3) is 7.74. The molecule has 39 heavy (non-hydrogen) atoms. The summed E-state index contributed by atoms with van der Waals surface area (Å²) in [5, 5.41) is 4.76. The fourth-order valence-corrected chi connectivity index (χ4v) is 5.70. The maximum absolute atomic E-state index is 12.5. The molecule has 2 aromatic heterocycles. The van der Waals surface area contributed by atoms with Crippen molar-refractivity contribution in [3.05, 3.63) is 41.8 Å². The Morgan fingerprint density at radius 3 is 2.54 bits per heavy atom. The number of carbonyl (C=O) groups is 1. The predicted molar refractivity (Wildman–Crippen MR) is 161 cm³/mol. The molecule has 1 aromatic carbocycles. The predicted octanol–water partition coefficient (Wildman–Crippen LogP) is 6.95. The number of rotatable bonds is 8. The smallest absolute Gasteiger partial charge is 0.408 e. The molecule has 212 valence electrons. The molecule has 1 aliphatic rings. The van der Waals surface area contributed by atoms with Gasteiger partial charge < -0.3 is 24.3 Å². The molecule has 1 saturated heterocycles. The van der Waals surface area contributed by atoms with Crippen molar-refractivity contribution in [3.8, 4) is 11.1 Å². The normalized spacial score (nSPS) is 15.9. The first-order valence-electron chi connectivity index (χ1n) is 13.7. The summed E-state index contributed by atoms with van der Waals surface area (Å²) < 4.78 is 13.7. The lowest BCUT2D eigenvalue weighted by Gasteiger charge is -2.40. The van der Waals surface area contributed by atoms with Gasteiger partial charge in [0.15, 0.2) is 0 Å². The number of aromatic nitrogens is 3. The molecule has 0 saturated carbocycles.